The Kier molecular flexibility index (Phi) is 1.94. The summed E-state index contributed by atoms with van der Waals surface area (Å²) >= 11 is 0. The van der Waals surface area contributed by atoms with E-state index < -0.39 is 0 Å². The Morgan fingerprint density at radius 2 is 2.20 bits per heavy atom. The minimum absolute atomic E-state index is 0.130. The number of carbonyl (C=O) groups is 1. The van der Waals surface area contributed by atoms with Crippen LogP contribution in [-0.2, 0) is 0 Å². The smallest absolute Gasteiger partial charge is 0.319 e. The van der Waals surface area contributed by atoms with Gasteiger partial charge in [-0.05, 0) is 19.8 Å². The minimum Gasteiger partial charge on any atom is -0.335 e. The Balaban J connectivity index is 2.14. The van der Waals surface area contributed by atoms with Crippen molar-refractivity contribution in [3.63, 3.8) is 0 Å². The lowest BCUT2D eigenvalue weighted by Crippen LogP contribution is -2.35. The van der Waals surface area contributed by atoms with Crippen LogP contribution in [0.15, 0.2) is 12.3 Å². The average Bonchev–Trinajstić information content (AvgIpc) is 2.46. The number of amides is 2. The zero-order valence-corrected chi connectivity index (χ0v) is 6.11. The Labute approximate surface area is 60.5 Å². The predicted molar refractivity (Wildman–Crippen MR) is 39.5 cm³/mol. The molecular weight excluding hydrogens is 128 g/mol. The van der Waals surface area contributed by atoms with Crippen molar-refractivity contribution >= 4 is 6.03 Å². The molecule has 1 aliphatic rings. The van der Waals surface area contributed by atoms with Crippen LogP contribution in [-0.4, -0.2) is 12.1 Å². The molecule has 0 unspecified atom stereocenters. The van der Waals surface area contributed by atoms with Gasteiger partial charge < -0.3 is 10.6 Å². The van der Waals surface area contributed by atoms with E-state index in [1.807, 2.05) is 0 Å². The second kappa shape index (κ2) is 2.73. The van der Waals surface area contributed by atoms with Gasteiger partial charge in [-0.25, -0.2) is 4.79 Å². The molecule has 0 radical (unpaired) electrons. The number of hydrogen-bond donors (Lipinski definition) is 2. The van der Waals surface area contributed by atoms with E-state index >= 15 is 0 Å². The maximum absolute atomic E-state index is 10.8. The number of allylic oxidation sites excluding steroid dienone is 1. The summed E-state index contributed by atoms with van der Waals surface area (Å²) < 4.78 is 0. The fourth-order valence-corrected chi connectivity index (χ4v) is 0.643. The molecular formula is C7H12N2O. The number of carbonyl (C=O) groups excluding carboxylic acids is 1. The summed E-state index contributed by atoms with van der Waals surface area (Å²) in [7, 11) is 0. The lowest BCUT2D eigenvalue weighted by molar-refractivity contribution is 0.243. The molecule has 0 spiro atoms. The number of rotatable bonds is 2. The maximum Gasteiger partial charge on any atom is 0.319 e. The van der Waals surface area contributed by atoms with E-state index in [0.717, 1.165) is 12.8 Å². The highest BCUT2D eigenvalue weighted by atomic mass is 16.2. The highest BCUT2D eigenvalue weighted by Gasteiger charge is 2.22. The van der Waals surface area contributed by atoms with Crippen LogP contribution in [0, 0.1) is 0 Å². The van der Waals surface area contributed by atoms with Gasteiger partial charge in [-0.15, -0.1) is 0 Å². The maximum atomic E-state index is 10.8. The van der Waals surface area contributed by atoms with Gasteiger partial charge in [-0.3, -0.25) is 0 Å². The molecule has 56 valence electrons. The van der Waals surface area contributed by atoms with Gasteiger partial charge in [0.2, 0.25) is 0 Å². The highest BCUT2D eigenvalue weighted by Crippen LogP contribution is 2.18. The number of hydrogen-bond acceptors (Lipinski definition) is 1. The second-order valence-electron chi connectivity index (χ2n) is 2.65. The predicted octanol–water partition coefficient (Wildman–Crippen LogP) is 0.982. The van der Waals surface area contributed by atoms with E-state index in [4.69, 9.17) is 0 Å². The summed E-state index contributed by atoms with van der Waals surface area (Å²) in [6.07, 6.45) is 2.23. The lowest BCUT2D eigenvalue weighted by atomic mass is 10.5. The van der Waals surface area contributed by atoms with Crippen molar-refractivity contribution in [2.24, 2.45) is 0 Å². The molecule has 2 N–H and O–H groups in total. The van der Waals surface area contributed by atoms with Gasteiger partial charge in [0.05, 0.1) is 0 Å². The summed E-state index contributed by atoms with van der Waals surface area (Å²) in [5.41, 5.74) is 0.679. The van der Waals surface area contributed by atoms with Crippen LogP contribution in [0.2, 0.25) is 0 Å². The molecule has 10 heavy (non-hydrogen) atoms. The molecule has 2 amide bonds. The number of urea groups is 1. The monoisotopic (exact) mass is 140 g/mol. The molecule has 0 aliphatic heterocycles. The van der Waals surface area contributed by atoms with Crippen LogP contribution in [0.25, 0.3) is 0 Å². The quantitative estimate of drug-likeness (QED) is 0.589. The minimum atomic E-state index is -0.130. The SMILES string of the molecule is C=C(C)NC(=O)NC1CC1. The van der Waals surface area contributed by atoms with Crippen molar-refractivity contribution in [3.8, 4) is 0 Å². The number of nitrogens with one attached hydrogen (secondary N) is 2. The zero-order valence-electron chi connectivity index (χ0n) is 6.11. The highest BCUT2D eigenvalue weighted by molar-refractivity contribution is 5.76. The van der Waals surface area contributed by atoms with Crippen LogP contribution in [0.5, 0.6) is 0 Å². The summed E-state index contributed by atoms with van der Waals surface area (Å²) in [6, 6.07) is 0.286. The van der Waals surface area contributed by atoms with Crippen LogP contribution in [0.3, 0.4) is 0 Å². The van der Waals surface area contributed by atoms with E-state index in [-0.39, 0.29) is 6.03 Å². The van der Waals surface area contributed by atoms with E-state index in [1.54, 1.807) is 6.92 Å². The van der Waals surface area contributed by atoms with Crippen LogP contribution >= 0.6 is 0 Å². The molecule has 3 heteroatoms. The summed E-state index contributed by atoms with van der Waals surface area (Å²) in [5, 5.41) is 5.34. The molecule has 0 aromatic carbocycles. The summed E-state index contributed by atoms with van der Waals surface area (Å²) in [5.74, 6) is 0. The van der Waals surface area contributed by atoms with Crippen molar-refractivity contribution in [1.82, 2.24) is 10.6 Å². The first-order valence-electron chi connectivity index (χ1n) is 3.41. The first-order chi connectivity index (χ1) is 4.68. The van der Waals surface area contributed by atoms with Gasteiger partial charge in [0, 0.05) is 11.7 Å². The van der Waals surface area contributed by atoms with Gasteiger partial charge in [0.25, 0.3) is 0 Å². The molecule has 0 bridgehead atoms. The first kappa shape index (κ1) is 7.12. The van der Waals surface area contributed by atoms with Crippen molar-refractivity contribution < 1.29 is 4.79 Å². The van der Waals surface area contributed by atoms with Crippen molar-refractivity contribution in [3.05, 3.63) is 12.3 Å². The van der Waals surface area contributed by atoms with Crippen molar-refractivity contribution in [1.29, 1.82) is 0 Å². The van der Waals surface area contributed by atoms with Gasteiger partial charge in [0.1, 0.15) is 0 Å². The standard InChI is InChI=1S/C7H12N2O/c1-5(2)8-7(10)9-6-3-4-6/h6H,1,3-4H2,2H3,(H2,8,9,10). The normalized spacial score (nSPS) is 16.1. The van der Waals surface area contributed by atoms with Crippen molar-refractivity contribution in [2.45, 2.75) is 25.8 Å². The Morgan fingerprint density at radius 3 is 2.60 bits per heavy atom. The molecule has 0 aromatic heterocycles. The van der Waals surface area contributed by atoms with E-state index in [2.05, 4.69) is 17.2 Å². The van der Waals surface area contributed by atoms with Gasteiger partial charge in [0.15, 0.2) is 0 Å². The largest absolute Gasteiger partial charge is 0.335 e. The molecule has 0 atom stereocenters. The van der Waals surface area contributed by atoms with Crippen LogP contribution < -0.4 is 10.6 Å². The molecule has 1 aliphatic carbocycles. The Bertz CT molecular complexity index is 161. The van der Waals surface area contributed by atoms with Gasteiger partial charge >= 0.3 is 6.03 Å². The summed E-state index contributed by atoms with van der Waals surface area (Å²) in [6.45, 7) is 5.31. The topological polar surface area (TPSA) is 41.1 Å². The third-order valence-electron chi connectivity index (χ3n) is 1.24. The molecule has 1 fully saturated rings. The molecule has 1 saturated carbocycles. The van der Waals surface area contributed by atoms with Gasteiger partial charge in [-0.1, -0.05) is 6.58 Å². The van der Waals surface area contributed by atoms with E-state index in [9.17, 15) is 4.79 Å². The molecule has 1 rings (SSSR count). The fourth-order valence-electron chi connectivity index (χ4n) is 0.643. The Hall–Kier alpha value is -0.990. The van der Waals surface area contributed by atoms with Crippen LogP contribution in [0.4, 0.5) is 4.79 Å². The average molecular weight is 140 g/mol. The fraction of sp³-hybridized carbons (Fsp3) is 0.571. The molecule has 3 nitrogen and oxygen atoms in total. The molecule has 0 aromatic rings. The first-order valence-corrected chi connectivity index (χ1v) is 3.41. The lowest BCUT2D eigenvalue weighted by Gasteiger charge is -2.03. The van der Waals surface area contributed by atoms with E-state index in [0.29, 0.717) is 11.7 Å². The molecule has 0 saturated heterocycles. The van der Waals surface area contributed by atoms with Crippen molar-refractivity contribution in [2.75, 3.05) is 0 Å². The third kappa shape index (κ3) is 2.53. The van der Waals surface area contributed by atoms with E-state index in [1.165, 1.54) is 0 Å². The third-order valence-corrected chi connectivity index (χ3v) is 1.24. The molecule has 0 heterocycles. The van der Waals surface area contributed by atoms with Gasteiger partial charge in [-0.2, -0.15) is 0 Å². The zero-order chi connectivity index (χ0) is 7.56. The second-order valence-corrected chi connectivity index (χ2v) is 2.65. The summed E-state index contributed by atoms with van der Waals surface area (Å²) in [4.78, 5) is 10.8. The Morgan fingerprint density at radius 1 is 1.60 bits per heavy atom. The van der Waals surface area contributed by atoms with Crippen LogP contribution in [0.1, 0.15) is 19.8 Å².